The highest BCUT2D eigenvalue weighted by Gasteiger charge is 2.17. The molecule has 1 aliphatic heterocycles. The Morgan fingerprint density at radius 1 is 1.12 bits per heavy atom. The van der Waals surface area contributed by atoms with E-state index < -0.39 is 0 Å². The summed E-state index contributed by atoms with van der Waals surface area (Å²) in [6, 6.07) is 13.0. The predicted octanol–water partition coefficient (Wildman–Crippen LogP) is 3.10. The van der Waals surface area contributed by atoms with Crippen LogP contribution in [-0.4, -0.2) is 7.28 Å². The van der Waals surface area contributed by atoms with E-state index in [0.717, 1.165) is 0 Å². The van der Waals surface area contributed by atoms with Crippen LogP contribution >= 0.6 is 0 Å². The van der Waals surface area contributed by atoms with Gasteiger partial charge in [-0.3, -0.25) is 0 Å². The Balaban J connectivity index is 2.32. The third-order valence-corrected chi connectivity index (χ3v) is 3.21. The van der Waals surface area contributed by atoms with Gasteiger partial charge in [-0.1, -0.05) is 60.8 Å². The van der Waals surface area contributed by atoms with Crippen LogP contribution in [0, 0.1) is 0 Å². The summed E-state index contributed by atoms with van der Waals surface area (Å²) in [5.41, 5.74) is 5.19. The van der Waals surface area contributed by atoms with Crippen LogP contribution in [0.1, 0.15) is 12.5 Å². The summed E-state index contributed by atoms with van der Waals surface area (Å²) >= 11 is 0. The maximum Gasteiger partial charge on any atom is 0.187 e. The number of hydrogen-bond acceptors (Lipinski definition) is 0. The molecule has 0 atom stereocenters. The fraction of sp³-hybridized carbons (Fsp3) is 0.0667. The first kappa shape index (κ1) is 9.47. The average molecular weight is 203 g/mol. The summed E-state index contributed by atoms with van der Waals surface area (Å²) in [7, 11) is 2.23. The van der Waals surface area contributed by atoms with Gasteiger partial charge in [-0.15, -0.1) is 0 Å². The molecule has 1 heterocycles. The van der Waals surface area contributed by atoms with Gasteiger partial charge in [0.1, 0.15) is 0 Å². The van der Waals surface area contributed by atoms with E-state index in [-0.39, 0.29) is 0 Å². The van der Waals surface area contributed by atoms with Gasteiger partial charge >= 0.3 is 0 Å². The fourth-order valence-electron chi connectivity index (χ4n) is 2.40. The fourth-order valence-corrected chi connectivity index (χ4v) is 2.40. The van der Waals surface area contributed by atoms with Crippen molar-refractivity contribution in [2.45, 2.75) is 6.92 Å². The second-order valence-electron chi connectivity index (χ2n) is 4.23. The molecule has 0 amide bonds. The van der Waals surface area contributed by atoms with Crippen LogP contribution < -0.4 is 5.46 Å². The molecule has 0 saturated heterocycles. The quantitative estimate of drug-likeness (QED) is 0.624. The molecule has 2 aromatic rings. The molecular weight excluding hydrogens is 191 g/mol. The van der Waals surface area contributed by atoms with Crippen LogP contribution in [0.2, 0.25) is 0 Å². The average Bonchev–Trinajstić information content (AvgIpc) is 2.60. The van der Waals surface area contributed by atoms with Crippen LogP contribution in [0.5, 0.6) is 0 Å². The normalized spacial score (nSPS) is 13.8. The van der Waals surface area contributed by atoms with E-state index in [4.69, 9.17) is 0 Å². The number of allylic oxidation sites excluding steroid dienone is 3. The molecule has 0 nitrogen and oxygen atoms in total. The molecule has 75 valence electrons. The smallest absolute Gasteiger partial charge is 0.0985 e. The minimum absolute atomic E-state index is 1.26. The van der Waals surface area contributed by atoms with E-state index in [1.54, 1.807) is 0 Å². The molecule has 1 heteroatoms. The first-order valence-electron chi connectivity index (χ1n) is 5.51. The van der Waals surface area contributed by atoms with E-state index in [2.05, 4.69) is 57.2 Å². The molecule has 1 aliphatic rings. The number of hydrogen-bond donors (Lipinski definition) is 0. The van der Waals surface area contributed by atoms with Crippen molar-refractivity contribution in [2.75, 3.05) is 0 Å². The summed E-state index contributed by atoms with van der Waals surface area (Å²) in [5.74, 6) is 0. The van der Waals surface area contributed by atoms with E-state index in [0.29, 0.717) is 0 Å². The van der Waals surface area contributed by atoms with Gasteiger partial charge in [-0.05, 0) is 28.0 Å². The summed E-state index contributed by atoms with van der Waals surface area (Å²) in [6.45, 7) is 6.03. The lowest BCUT2D eigenvalue weighted by Crippen LogP contribution is -2.12. The summed E-state index contributed by atoms with van der Waals surface area (Å²) < 4.78 is 0. The Bertz CT molecular complexity index is 620. The summed E-state index contributed by atoms with van der Waals surface area (Å²) in [5, 5.41) is 2.60. The summed E-state index contributed by atoms with van der Waals surface area (Å²) in [6.07, 6.45) is 1.95. The number of fused-ring (bicyclic) bond motifs is 2. The van der Waals surface area contributed by atoms with Crippen LogP contribution in [0.15, 0.2) is 54.5 Å². The molecule has 1 radical (unpaired) electrons. The first-order valence-corrected chi connectivity index (χ1v) is 5.51. The Kier molecular flexibility index (Phi) is 2.00. The maximum atomic E-state index is 3.89. The van der Waals surface area contributed by atoms with Crippen LogP contribution in [0.3, 0.4) is 0 Å². The highest BCUT2D eigenvalue weighted by atomic mass is 14.1. The topological polar surface area (TPSA) is 0 Å². The van der Waals surface area contributed by atoms with Gasteiger partial charge in [0, 0.05) is 0 Å². The minimum atomic E-state index is 1.26. The van der Waals surface area contributed by atoms with Crippen molar-refractivity contribution in [3.8, 4) is 0 Å². The predicted molar refractivity (Wildman–Crippen MR) is 72.1 cm³/mol. The molecule has 0 N–H and O–H groups in total. The van der Waals surface area contributed by atoms with E-state index in [9.17, 15) is 0 Å². The lowest BCUT2D eigenvalue weighted by Gasteiger charge is -2.05. The van der Waals surface area contributed by atoms with E-state index in [1.807, 2.05) is 6.08 Å². The Hall–Kier alpha value is -1.76. The number of benzene rings is 2. The molecule has 0 fully saturated rings. The zero-order chi connectivity index (χ0) is 11.1. The third-order valence-electron chi connectivity index (χ3n) is 3.21. The van der Waals surface area contributed by atoms with Crippen molar-refractivity contribution < 1.29 is 0 Å². The van der Waals surface area contributed by atoms with Crippen molar-refractivity contribution in [1.29, 1.82) is 0 Å². The lowest BCUT2D eigenvalue weighted by atomic mass is 9.67. The molecule has 3 rings (SSSR count). The van der Waals surface area contributed by atoms with Crippen LogP contribution in [0.25, 0.3) is 16.3 Å². The van der Waals surface area contributed by atoms with Crippen molar-refractivity contribution >= 4 is 29.1 Å². The van der Waals surface area contributed by atoms with Gasteiger partial charge in [0.25, 0.3) is 0 Å². The lowest BCUT2D eigenvalue weighted by molar-refractivity contribution is 1.66. The summed E-state index contributed by atoms with van der Waals surface area (Å²) in [4.78, 5) is 0. The Morgan fingerprint density at radius 2 is 1.81 bits per heavy atom. The molecule has 0 bridgehead atoms. The monoisotopic (exact) mass is 203 g/mol. The molecule has 0 unspecified atom stereocenters. The third kappa shape index (κ3) is 1.25. The van der Waals surface area contributed by atoms with Gasteiger partial charge in [-0.25, -0.2) is 0 Å². The number of rotatable bonds is 1. The van der Waals surface area contributed by atoms with Gasteiger partial charge in [-0.2, -0.15) is 0 Å². The van der Waals surface area contributed by atoms with Gasteiger partial charge < -0.3 is 0 Å². The minimum Gasteiger partial charge on any atom is -0.0985 e. The van der Waals surface area contributed by atoms with Crippen molar-refractivity contribution in [2.24, 2.45) is 0 Å². The van der Waals surface area contributed by atoms with Crippen molar-refractivity contribution in [3.63, 3.8) is 0 Å². The first-order chi connectivity index (χ1) is 7.79. The van der Waals surface area contributed by atoms with Gasteiger partial charge in [0.05, 0.1) is 0 Å². The highest BCUT2D eigenvalue weighted by molar-refractivity contribution is 6.66. The van der Waals surface area contributed by atoms with E-state index in [1.165, 1.54) is 32.8 Å². The van der Waals surface area contributed by atoms with Gasteiger partial charge in [0.15, 0.2) is 7.28 Å². The SMILES string of the molecule is C=CC1=C(C)[B]c2cc3ccccc3cc21. The zero-order valence-corrected chi connectivity index (χ0v) is 9.33. The molecule has 16 heavy (non-hydrogen) atoms. The Labute approximate surface area is 96.5 Å². The van der Waals surface area contributed by atoms with E-state index >= 15 is 0 Å². The second-order valence-corrected chi connectivity index (χ2v) is 4.23. The second kappa shape index (κ2) is 3.38. The molecule has 0 aliphatic carbocycles. The van der Waals surface area contributed by atoms with Crippen molar-refractivity contribution in [1.82, 2.24) is 0 Å². The van der Waals surface area contributed by atoms with Crippen molar-refractivity contribution in [3.05, 3.63) is 60.1 Å². The molecule has 0 aromatic heterocycles. The maximum absolute atomic E-state index is 3.89. The highest BCUT2D eigenvalue weighted by Crippen LogP contribution is 2.26. The zero-order valence-electron chi connectivity index (χ0n) is 9.33. The standard InChI is InChI=1S/C15H12B/c1-3-13-10(2)16-15-9-12-7-5-4-6-11(12)8-14(13)15/h3-9H,1H2,2H3. The molecular formula is C15H12B. The molecule has 0 saturated carbocycles. The molecule has 2 aromatic carbocycles. The largest absolute Gasteiger partial charge is 0.187 e. The molecule has 0 spiro atoms. The van der Waals surface area contributed by atoms with Crippen LogP contribution in [-0.2, 0) is 0 Å². The van der Waals surface area contributed by atoms with Gasteiger partial charge in [0.2, 0.25) is 0 Å². The van der Waals surface area contributed by atoms with Crippen LogP contribution in [0.4, 0.5) is 0 Å². The Morgan fingerprint density at radius 3 is 2.50 bits per heavy atom.